The number of carbonyl (C=O) groups excluding carboxylic acids is 1. The maximum absolute atomic E-state index is 9.99. The summed E-state index contributed by atoms with van der Waals surface area (Å²) in [5.41, 5.74) is 7.04. The average molecular weight is 695 g/mol. The molecule has 0 bridgehead atoms. The summed E-state index contributed by atoms with van der Waals surface area (Å²) in [5.74, 6) is 0.881. The van der Waals surface area contributed by atoms with Crippen molar-refractivity contribution in [3.05, 3.63) is 143 Å². The standard InChI is InChI=1S/C21H20ClN.C8H11N.C8H10O.C6H10OS/c1-2-3-5-16-6-4-7-17(14-16)8-12-20-13-10-18-9-11-19(22)15-21(18)23-20;1-9(2)8-6-4-3-5-7-8;1-7(9)8-5-3-2-4-6-8;7-4-3-6(5-8)1-2-6/h4,6-15H,2-3,5H2,1H3;3-7H,1-2H3;2-7,9H,1H3;4,8H,1-3,5H2/b12-8+;;;. The van der Waals surface area contributed by atoms with Gasteiger partial charge < -0.3 is 14.8 Å². The molecule has 0 amide bonds. The summed E-state index contributed by atoms with van der Waals surface area (Å²) in [7, 11) is 4.07. The van der Waals surface area contributed by atoms with Crippen molar-refractivity contribution in [1.82, 2.24) is 4.98 Å². The second kappa shape index (κ2) is 21.2. The molecule has 1 heterocycles. The van der Waals surface area contributed by atoms with E-state index >= 15 is 0 Å². The van der Waals surface area contributed by atoms with Gasteiger partial charge in [-0.15, -0.1) is 0 Å². The van der Waals surface area contributed by atoms with Crippen LogP contribution in [-0.4, -0.2) is 36.2 Å². The molecule has 6 heteroatoms. The molecule has 1 N–H and O–H groups in total. The van der Waals surface area contributed by atoms with E-state index in [0.717, 1.165) is 52.1 Å². The fourth-order valence-corrected chi connectivity index (χ4v) is 5.46. The molecule has 0 aliphatic heterocycles. The van der Waals surface area contributed by atoms with E-state index in [1.54, 1.807) is 6.92 Å². The fourth-order valence-electron chi connectivity index (χ4n) is 4.85. The number of aliphatic hydroxyl groups excluding tert-OH is 1. The largest absolute Gasteiger partial charge is 0.389 e. The monoisotopic (exact) mass is 694 g/mol. The molecule has 0 radical (unpaired) electrons. The Kier molecular flexibility index (Phi) is 17.1. The van der Waals surface area contributed by atoms with Gasteiger partial charge in [-0.3, -0.25) is 0 Å². The highest BCUT2D eigenvalue weighted by atomic mass is 35.5. The van der Waals surface area contributed by atoms with Crippen LogP contribution in [0.4, 0.5) is 5.69 Å². The van der Waals surface area contributed by atoms with Crippen molar-refractivity contribution in [2.24, 2.45) is 5.41 Å². The molecule has 1 aliphatic rings. The number of benzene rings is 4. The molecule has 4 nitrogen and oxygen atoms in total. The molecule has 1 aromatic heterocycles. The lowest BCUT2D eigenvalue weighted by Crippen LogP contribution is -2.07. The number of pyridine rings is 1. The lowest BCUT2D eigenvalue weighted by atomic mass is 10.0. The first-order chi connectivity index (χ1) is 23.7. The lowest BCUT2D eigenvalue weighted by Gasteiger charge is -2.10. The summed E-state index contributed by atoms with van der Waals surface area (Å²) in [6.07, 6.45) is 11.6. The van der Waals surface area contributed by atoms with Crippen LogP contribution in [0.1, 0.15) is 74.4 Å². The van der Waals surface area contributed by atoms with Gasteiger partial charge in [0.1, 0.15) is 6.29 Å². The molecule has 0 saturated heterocycles. The van der Waals surface area contributed by atoms with Gasteiger partial charge in [0, 0.05) is 36.6 Å². The number of unbranched alkanes of at least 4 members (excludes halogenated alkanes) is 1. The third kappa shape index (κ3) is 14.6. The first-order valence-electron chi connectivity index (χ1n) is 17.0. The Morgan fingerprint density at radius 3 is 2.10 bits per heavy atom. The van der Waals surface area contributed by atoms with E-state index in [9.17, 15) is 4.79 Å². The van der Waals surface area contributed by atoms with Crippen molar-refractivity contribution in [3.63, 3.8) is 0 Å². The van der Waals surface area contributed by atoms with E-state index < -0.39 is 0 Å². The van der Waals surface area contributed by atoms with Crippen molar-refractivity contribution < 1.29 is 9.90 Å². The number of hydrogen-bond donors (Lipinski definition) is 2. The van der Waals surface area contributed by atoms with Gasteiger partial charge in [-0.25, -0.2) is 4.98 Å². The molecular formula is C43H51ClN2O2S. The van der Waals surface area contributed by atoms with Gasteiger partial charge in [0.15, 0.2) is 0 Å². The predicted molar refractivity (Wildman–Crippen MR) is 215 cm³/mol. The van der Waals surface area contributed by atoms with Gasteiger partial charge in [0.25, 0.3) is 0 Å². The number of halogens is 1. The number of anilines is 1. The summed E-state index contributed by atoms with van der Waals surface area (Å²) in [5, 5.41) is 10.8. The summed E-state index contributed by atoms with van der Waals surface area (Å²) < 4.78 is 0. The van der Waals surface area contributed by atoms with Crippen LogP contribution in [0.15, 0.2) is 115 Å². The predicted octanol–water partition coefficient (Wildman–Crippen LogP) is 11.2. The number of hydrogen-bond acceptors (Lipinski definition) is 5. The number of nitrogens with zero attached hydrogens (tertiary/aromatic N) is 2. The lowest BCUT2D eigenvalue weighted by molar-refractivity contribution is -0.108. The maximum atomic E-state index is 9.99. The summed E-state index contributed by atoms with van der Waals surface area (Å²) in [4.78, 5) is 16.7. The van der Waals surface area contributed by atoms with Gasteiger partial charge in [-0.2, -0.15) is 12.6 Å². The van der Waals surface area contributed by atoms with Crippen LogP contribution >= 0.6 is 24.2 Å². The molecule has 0 spiro atoms. The van der Waals surface area contributed by atoms with Crippen LogP contribution in [0.5, 0.6) is 0 Å². The summed E-state index contributed by atoms with van der Waals surface area (Å²) in [6.45, 7) is 3.98. The van der Waals surface area contributed by atoms with Crippen LogP contribution < -0.4 is 4.90 Å². The number of fused-ring (bicyclic) bond motifs is 1. The second-order valence-electron chi connectivity index (χ2n) is 12.6. The highest BCUT2D eigenvalue weighted by molar-refractivity contribution is 7.80. The Morgan fingerprint density at radius 2 is 1.57 bits per heavy atom. The van der Waals surface area contributed by atoms with E-state index in [-0.39, 0.29) is 6.10 Å². The van der Waals surface area contributed by atoms with Crippen LogP contribution in [0.25, 0.3) is 23.1 Å². The van der Waals surface area contributed by atoms with Gasteiger partial charge in [-0.1, -0.05) is 116 Å². The number of aliphatic hydroxyl groups is 1. The summed E-state index contributed by atoms with van der Waals surface area (Å²) >= 11 is 10.2. The Hall–Kier alpha value is -3.90. The zero-order valence-electron chi connectivity index (χ0n) is 29.3. The highest BCUT2D eigenvalue weighted by Crippen LogP contribution is 2.48. The number of aromatic nitrogens is 1. The number of carbonyl (C=O) groups is 1. The minimum absolute atomic E-state index is 0.338. The number of aryl methyl sites for hydroxylation is 1. The van der Waals surface area contributed by atoms with Crippen LogP contribution in [0.3, 0.4) is 0 Å². The fraction of sp³-hybridized carbons (Fsp3) is 0.302. The quantitative estimate of drug-likeness (QED) is 0.113. The van der Waals surface area contributed by atoms with Crippen molar-refractivity contribution in [3.8, 4) is 0 Å². The number of rotatable bonds is 10. The van der Waals surface area contributed by atoms with E-state index in [2.05, 4.69) is 84.1 Å². The third-order valence-corrected chi connectivity index (χ3v) is 9.16. The summed E-state index contributed by atoms with van der Waals surface area (Å²) in [6, 6.07) is 38.5. The van der Waals surface area contributed by atoms with E-state index in [4.69, 9.17) is 16.7 Å². The zero-order valence-corrected chi connectivity index (χ0v) is 31.0. The minimum atomic E-state index is -0.341. The van der Waals surface area contributed by atoms with Crippen molar-refractivity contribution in [1.29, 1.82) is 0 Å². The molecule has 6 rings (SSSR count). The maximum Gasteiger partial charge on any atom is 0.120 e. The van der Waals surface area contributed by atoms with Crippen molar-refractivity contribution in [2.45, 2.75) is 58.5 Å². The average Bonchev–Trinajstić information content (AvgIpc) is 3.91. The van der Waals surface area contributed by atoms with Crippen molar-refractivity contribution in [2.75, 3.05) is 24.7 Å². The van der Waals surface area contributed by atoms with Crippen LogP contribution in [0, 0.1) is 5.41 Å². The molecule has 49 heavy (non-hydrogen) atoms. The molecule has 1 aliphatic carbocycles. The Balaban J connectivity index is 0.000000205. The van der Waals surface area contributed by atoms with Gasteiger partial charge in [0.2, 0.25) is 0 Å². The Bertz CT molecular complexity index is 1660. The molecule has 1 saturated carbocycles. The van der Waals surface area contributed by atoms with E-state index in [1.165, 1.54) is 42.5 Å². The third-order valence-electron chi connectivity index (χ3n) is 8.26. The van der Waals surface area contributed by atoms with Crippen LogP contribution in [0.2, 0.25) is 5.02 Å². The van der Waals surface area contributed by atoms with Gasteiger partial charge in [-0.05, 0) is 96.9 Å². The minimum Gasteiger partial charge on any atom is -0.389 e. The van der Waals surface area contributed by atoms with Crippen LogP contribution in [-0.2, 0) is 11.2 Å². The van der Waals surface area contributed by atoms with Gasteiger partial charge in [0.05, 0.1) is 17.3 Å². The highest BCUT2D eigenvalue weighted by Gasteiger charge is 2.40. The number of aldehydes is 1. The normalized spacial score (nSPS) is 13.1. The number of thiol groups is 1. The van der Waals surface area contributed by atoms with Gasteiger partial charge >= 0.3 is 0 Å². The molecule has 258 valence electrons. The molecular weight excluding hydrogens is 644 g/mol. The zero-order chi connectivity index (χ0) is 35.5. The Labute approximate surface area is 304 Å². The molecule has 1 fully saturated rings. The SMILES string of the molecule is CC(O)c1ccccc1.CCCCc1cccc(/C=C/c2ccc3ccc(Cl)cc3n2)c1.CN(C)c1ccccc1.O=CCC1(CS)CC1. The Morgan fingerprint density at radius 1 is 0.898 bits per heavy atom. The van der Waals surface area contributed by atoms with E-state index in [1.807, 2.05) is 86.9 Å². The molecule has 1 unspecified atom stereocenters. The number of para-hydroxylation sites is 1. The first kappa shape index (κ1) is 39.5. The topological polar surface area (TPSA) is 53.4 Å². The molecule has 4 aromatic carbocycles. The van der Waals surface area contributed by atoms with E-state index in [0.29, 0.717) is 5.41 Å². The molecule has 1 atom stereocenters. The second-order valence-corrected chi connectivity index (χ2v) is 13.4. The smallest absolute Gasteiger partial charge is 0.120 e. The molecule has 5 aromatic rings. The van der Waals surface area contributed by atoms with Crippen molar-refractivity contribution >= 4 is 59.3 Å². The first-order valence-corrected chi connectivity index (χ1v) is 18.0.